The topological polar surface area (TPSA) is 111 Å². The van der Waals surface area contributed by atoms with Crippen molar-refractivity contribution >= 4 is 34.0 Å². The predicted octanol–water partition coefficient (Wildman–Crippen LogP) is 1.49. The smallest absolute Gasteiger partial charge is 0.241 e. The summed E-state index contributed by atoms with van der Waals surface area (Å²) in [7, 11) is -3.78. The second-order valence-electron chi connectivity index (χ2n) is 6.32. The van der Waals surface area contributed by atoms with Gasteiger partial charge in [0.1, 0.15) is 11.5 Å². The van der Waals surface area contributed by atoms with Gasteiger partial charge in [0.15, 0.2) is 0 Å². The van der Waals surface area contributed by atoms with Crippen LogP contribution in [0.3, 0.4) is 0 Å². The standard InChI is InChI=1S/C15H25N3O4S.ClH/c1-11(2)22-13-7-5-12(6-8-13)18-23(20,21)9-14(19)17-10-15(3,4)16;/h5-8,11,18H,9-10,16H2,1-4H3,(H,17,19);1H. The van der Waals surface area contributed by atoms with Crippen LogP contribution in [0.5, 0.6) is 5.75 Å². The minimum atomic E-state index is -3.78. The van der Waals surface area contributed by atoms with Crippen LogP contribution < -0.4 is 20.5 Å². The largest absolute Gasteiger partial charge is 0.491 e. The van der Waals surface area contributed by atoms with Crippen LogP contribution in [0.15, 0.2) is 24.3 Å². The summed E-state index contributed by atoms with van der Waals surface area (Å²) in [6, 6.07) is 6.48. The zero-order valence-corrected chi connectivity index (χ0v) is 16.0. The van der Waals surface area contributed by atoms with Gasteiger partial charge < -0.3 is 15.8 Å². The highest BCUT2D eigenvalue weighted by atomic mass is 35.5. The van der Waals surface area contributed by atoms with Gasteiger partial charge in [-0.2, -0.15) is 0 Å². The molecule has 0 aliphatic rings. The summed E-state index contributed by atoms with van der Waals surface area (Å²) in [4.78, 5) is 11.7. The van der Waals surface area contributed by atoms with E-state index in [-0.39, 0.29) is 25.1 Å². The Labute approximate surface area is 149 Å². The van der Waals surface area contributed by atoms with Crippen LogP contribution in [0.1, 0.15) is 27.7 Å². The number of sulfonamides is 1. The van der Waals surface area contributed by atoms with Crippen molar-refractivity contribution in [2.45, 2.75) is 39.3 Å². The molecule has 0 bridgehead atoms. The second-order valence-corrected chi connectivity index (χ2v) is 8.04. The number of rotatable bonds is 8. The van der Waals surface area contributed by atoms with E-state index in [1.165, 1.54) is 0 Å². The lowest BCUT2D eigenvalue weighted by Gasteiger charge is -2.19. The molecule has 4 N–H and O–H groups in total. The van der Waals surface area contributed by atoms with Crippen LogP contribution in [-0.2, 0) is 14.8 Å². The van der Waals surface area contributed by atoms with E-state index in [4.69, 9.17) is 10.5 Å². The Morgan fingerprint density at radius 1 is 1.25 bits per heavy atom. The first-order valence-electron chi connectivity index (χ1n) is 7.30. The third kappa shape index (κ3) is 9.59. The molecule has 1 aromatic carbocycles. The maximum Gasteiger partial charge on any atom is 0.241 e. The van der Waals surface area contributed by atoms with Gasteiger partial charge in [-0.1, -0.05) is 0 Å². The summed E-state index contributed by atoms with van der Waals surface area (Å²) in [6.45, 7) is 7.47. The average molecular weight is 380 g/mol. The molecular weight excluding hydrogens is 354 g/mol. The highest BCUT2D eigenvalue weighted by Crippen LogP contribution is 2.17. The number of hydrogen-bond donors (Lipinski definition) is 3. The molecule has 0 saturated carbocycles. The van der Waals surface area contributed by atoms with Crippen LogP contribution in [0.25, 0.3) is 0 Å². The molecule has 138 valence electrons. The van der Waals surface area contributed by atoms with E-state index in [2.05, 4.69) is 10.0 Å². The number of amides is 1. The predicted molar refractivity (Wildman–Crippen MR) is 98.1 cm³/mol. The summed E-state index contributed by atoms with van der Waals surface area (Å²) in [5, 5.41) is 2.49. The molecule has 0 atom stereocenters. The van der Waals surface area contributed by atoms with Crippen molar-refractivity contribution < 1.29 is 17.9 Å². The molecule has 0 aromatic heterocycles. The van der Waals surface area contributed by atoms with Gasteiger partial charge in [-0.15, -0.1) is 12.4 Å². The molecule has 0 spiro atoms. The van der Waals surface area contributed by atoms with Gasteiger partial charge in [-0.25, -0.2) is 8.42 Å². The van der Waals surface area contributed by atoms with Gasteiger partial charge in [-0.3, -0.25) is 9.52 Å². The van der Waals surface area contributed by atoms with E-state index >= 15 is 0 Å². The Balaban J connectivity index is 0.00000529. The van der Waals surface area contributed by atoms with Crippen molar-refractivity contribution in [1.29, 1.82) is 0 Å². The second kappa shape index (κ2) is 9.10. The molecule has 0 fully saturated rings. The van der Waals surface area contributed by atoms with Gasteiger partial charge >= 0.3 is 0 Å². The van der Waals surface area contributed by atoms with E-state index in [0.717, 1.165) is 0 Å². The normalized spacial score (nSPS) is 11.6. The maximum atomic E-state index is 12.0. The number of nitrogens with two attached hydrogens (primary N) is 1. The molecule has 1 rings (SSSR count). The lowest BCUT2D eigenvalue weighted by atomic mass is 10.1. The SMILES string of the molecule is CC(C)Oc1ccc(NS(=O)(=O)CC(=O)NCC(C)(C)N)cc1.Cl. The van der Waals surface area contributed by atoms with Crippen LogP contribution in [0, 0.1) is 0 Å². The molecule has 0 aliphatic carbocycles. The molecule has 7 nitrogen and oxygen atoms in total. The fraction of sp³-hybridized carbons (Fsp3) is 0.533. The molecule has 1 amide bonds. The van der Waals surface area contributed by atoms with Gasteiger partial charge in [0, 0.05) is 17.8 Å². The summed E-state index contributed by atoms with van der Waals surface area (Å²) < 4.78 is 31.8. The van der Waals surface area contributed by atoms with Crippen molar-refractivity contribution in [2.75, 3.05) is 17.0 Å². The van der Waals surface area contributed by atoms with Crippen LogP contribution >= 0.6 is 12.4 Å². The Morgan fingerprint density at radius 3 is 2.25 bits per heavy atom. The zero-order valence-electron chi connectivity index (χ0n) is 14.3. The number of benzene rings is 1. The van der Waals surface area contributed by atoms with Gasteiger partial charge in [-0.05, 0) is 52.0 Å². The molecule has 9 heteroatoms. The first kappa shape index (κ1) is 22.5. The number of carbonyl (C=O) groups excluding carboxylic acids is 1. The minimum absolute atomic E-state index is 0. The van der Waals surface area contributed by atoms with E-state index in [1.807, 2.05) is 13.8 Å². The summed E-state index contributed by atoms with van der Waals surface area (Å²) >= 11 is 0. The number of anilines is 1. The summed E-state index contributed by atoms with van der Waals surface area (Å²) in [5.74, 6) is -0.616. The first-order chi connectivity index (χ1) is 10.5. The van der Waals surface area contributed by atoms with E-state index < -0.39 is 27.2 Å². The first-order valence-corrected chi connectivity index (χ1v) is 8.95. The molecule has 0 radical (unpaired) electrons. The van der Waals surface area contributed by atoms with E-state index in [0.29, 0.717) is 11.4 Å². The molecule has 0 unspecified atom stereocenters. The van der Waals surface area contributed by atoms with Gasteiger partial charge in [0.25, 0.3) is 0 Å². The van der Waals surface area contributed by atoms with Crippen molar-refractivity contribution in [3.63, 3.8) is 0 Å². The number of halogens is 1. The van der Waals surface area contributed by atoms with Crippen LogP contribution in [0.2, 0.25) is 0 Å². The Kier molecular flexibility index (Phi) is 8.53. The summed E-state index contributed by atoms with van der Waals surface area (Å²) in [6.07, 6.45) is 0.0352. The lowest BCUT2D eigenvalue weighted by Crippen LogP contribution is -2.46. The highest BCUT2D eigenvalue weighted by Gasteiger charge is 2.18. The van der Waals surface area contributed by atoms with Crippen LogP contribution in [-0.4, -0.2) is 38.3 Å². The summed E-state index contributed by atoms with van der Waals surface area (Å²) in [5.41, 5.74) is 5.50. The van der Waals surface area contributed by atoms with Crippen LogP contribution in [0.4, 0.5) is 5.69 Å². The quantitative estimate of drug-likeness (QED) is 0.633. The molecule has 24 heavy (non-hydrogen) atoms. The van der Waals surface area contributed by atoms with E-state index in [9.17, 15) is 13.2 Å². The molecule has 1 aromatic rings. The van der Waals surface area contributed by atoms with Crippen molar-refractivity contribution in [2.24, 2.45) is 5.73 Å². The monoisotopic (exact) mass is 379 g/mol. The molecule has 0 saturated heterocycles. The third-order valence-corrected chi connectivity index (χ3v) is 3.75. The van der Waals surface area contributed by atoms with Gasteiger partial charge in [0.05, 0.1) is 6.10 Å². The fourth-order valence-corrected chi connectivity index (χ4v) is 2.65. The Hall–Kier alpha value is -1.51. The third-order valence-electron chi connectivity index (χ3n) is 2.56. The van der Waals surface area contributed by atoms with Crippen molar-refractivity contribution in [3.05, 3.63) is 24.3 Å². The Bertz CT molecular complexity index is 625. The van der Waals surface area contributed by atoms with Crippen molar-refractivity contribution in [3.8, 4) is 5.75 Å². The lowest BCUT2D eigenvalue weighted by molar-refractivity contribution is -0.118. The number of hydrogen-bond acceptors (Lipinski definition) is 5. The Morgan fingerprint density at radius 2 is 1.79 bits per heavy atom. The highest BCUT2D eigenvalue weighted by molar-refractivity contribution is 7.93. The maximum absolute atomic E-state index is 12.0. The van der Waals surface area contributed by atoms with Gasteiger partial charge in [0.2, 0.25) is 15.9 Å². The average Bonchev–Trinajstić information content (AvgIpc) is 2.36. The van der Waals surface area contributed by atoms with Crippen molar-refractivity contribution in [1.82, 2.24) is 5.32 Å². The zero-order chi connectivity index (χ0) is 17.7. The molecule has 0 aliphatic heterocycles. The number of ether oxygens (including phenoxy) is 1. The number of carbonyl (C=O) groups is 1. The minimum Gasteiger partial charge on any atom is -0.491 e. The molecular formula is C15H26ClN3O4S. The number of nitrogens with one attached hydrogen (secondary N) is 2. The molecule has 0 heterocycles. The fourth-order valence-electron chi connectivity index (χ4n) is 1.64. The van der Waals surface area contributed by atoms with E-state index in [1.54, 1.807) is 38.1 Å².